The van der Waals surface area contributed by atoms with Gasteiger partial charge in [0.2, 0.25) is 5.91 Å². The molecule has 4 rings (SSSR count). The third kappa shape index (κ3) is 3.30. The van der Waals surface area contributed by atoms with Crippen molar-refractivity contribution in [1.29, 1.82) is 0 Å². The quantitative estimate of drug-likeness (QED) is 0.701. The third-order valence-electron chi connectivity index (χ3n) is 5.52. The van der Waals surface area contributed by atoms with Gasteiger partial charge in [0.15, 0.2) is 0 Å². The summed E-state index contributed by atoms with van der Waals surface area (Å²) in [6.07, 6.45) is 2.37. The second-order valence-electron chi connectivity index (χ2n) is 7.25. The number of piperazine rings is 1. The molecule has 1 amide bonds. The van der Waals surface area contributed by atoms with E-state index in [1.165, 1.54) is 0 Å². The number of fused-ring (bicyclic) bond motifs is 1. The second-order valence-corrected chi connectivity index (χ2v) is 7.25. The van der Waals surface area contributed by atoms with Gasteiger partial charge in [-0.25, -0.2) is 4.98 Å². The number of anilines is 1. The van der Waals surface area contributed by atoms with Gasteiger partial charge < -0.3 is 18.9 Å². The number of hydrogen-bond donors (Lipinski definition) is 0. The minimum atomic E-state index is 0.158. The molecule has 3 heterocycles. The number of imidazole rings is 1. The first-order valence-electron chi connectivity index (χ1n) is 9.67. The fourth-order valence-electron chi connectivity index (χ4n) is 3.92. The Morgan fingerprint density at radius 2 is 1.82 bits per heavy atom. The summed E-state index contributed by atoms with van der Waals surface area (Å²) in [6, 6.07) is 12.1. The molecule has 1 saturated heterocycles. The second kappa shape index (κ2) is 7.54. The van der Waals surface area contributed by atoms with Crippen molar-refractivity contribution < 1.29 is 9.53 Å². The molecular formula is C22H26N4O2. The van der Waals surface area contributed by atoms with Crippen molar-refractivity contribution in [1.82, 2.24) is 14.3 Å². The molecule has 1 aliphatic rings. The van der Waals surface area contributed by atoms with Crippen molar-refractivity contribution in [2.45, 2.75) is 20.3 Å². The highest BCUT2D eigenvalue weighted by Gasteiger charge is 2.24. The smallest absolute Gasteiger partial charge is 0.228 e. The summed E-state index contributed by atoms with van der Waals surface area (Å²) < 4.78 is 7.52. The van der Waals surface area contributed by atoms with Gasteiger partial charge in [-0.05, 0) is 37.6 Å². The van der Waals surface area contributed by atoms with Gasteiger partial charge in [-0.3, -0.25) is 4.79 Å². The number of methoxy groups -OCH3 is 1. The number of rotatable bonds is 4. The number of carbonyl (C=O) groups is 1. The van der Waals surface area contributed by atoms with Gasteiger partial charge in [0.05, 0.1) is 30.6 Å². The van der Waals surface area contributed by atoms with E-state index in [9.17, 15) is 4.79 Å². The zero-order chi connectivity index (χ0) is 19.7. The number of pyridine rings is 1. The molecule has 0 N–H and O–H groups in total. The number of amides is 1. The number of aryl methyl sites for hydroxylation is 2. The number of carbonyl (C=O) groups excluding carboxylic acids is 1. The molecule has 0 unspecified atom stereocenters. The Kier molecular flexibility index (Phi) is 4.94. The predicted molar refractivity (Wildman–Crippen MR) is 110 cm³/mol. The van der Waals surface area contributed by atoms with Crippen molar-refractivity contribution >= 4 is 17.2 Å². The Bertz CT molecular complexity index is 1000. The largest absolute Gasteiger partial charge is 0.495 e. The van der Waals surface area contributed by atoms with Crippen LogP contribution in [-0.4, -0.2) is 53.5 Å². The lowest BCUT2D eigenvalue weighted by molar-refractivity contribution is -0.130. The Morgan fingerprint density at radius 1 is 1.07 bits per heavy atom. The van der Waals surface area contributed by atoms with Crippen molar-refractivity contribution in [2.75, 3.05) is 38.2 Å². The van der Waals surface area contributed by atoms with Crippen LogP contribution in [0.1, 0.15) is 17.0 Å². The number of nitrogens with zero attached hydrogens (tertiary/aromatic N) is 4. The number of ether oxygens (including phenoxy) is 1. The number of hydrogen-bond acceptors (Lipinski definition) is 4. The van der Waals surface area contributed by atoms with Crippen molar-refractivity contribution in [2.24, 2.45) is 0 Å². The summed E-state index contributed by atoms with van der Waals surface area (Å²) in [5.41, 5.74) is 5.05. The number of aromatic nitrogens is 2. The van der Waals surface area contributed by atoms with Crippen LogP contribution in [0.3, 0.4) is 0 Å². The van der Waals surface area contributed by atoms with Gasteiger partial charge >= 0.3 is 0 Å². The predicted octanol–water partition coefficient (Wildman–Crippen LogP) is 2.85. The van der Waals surface area contributed by atoms with E-state index in [1.807, 2.05) is 59.7 Å². The molecular weight excluding hydrogens is 352 g/mol. The van der Waals surface area contributed by atoms with Crippen LogP contribution in [0, 0.1) is 13.8 Å². The van der Waals surface area contributed by atoms with Crippen LogP contribution in [0.5, 0.6) is 5.75 Å². The van der Waals surface area contributed by atoms with E-state index in [-0.39, 0.29) is 5.91 Å². The van der Waals surface area contributed by atoms with Crippen LogP contribution >= 0.6 is 0 Å². The Hall–Kier alpha value is -3.02. The van der Waals surface area contributed by atoms with Gasteiger partial charge in [-0.15, -0.1) is 0 Å². The van der Waals surface area contributed by atoms with E-state index in [0.29, 0.717) is 19.5 Å². The molecule has 1 aliphatic heterocycles. The fraction of sp³-hybridized carbons (Fsp3) is 0.364. The van der Waals surface area contributed by atoms with Crippen molar-refractivity contribution in [3.63, 3.8) is 0 Å². The summed E-state index contributed by atoms with van der Waals surface area (Å²) in [6.45, 7) is 7.06. The summed E-state index contributed by atoms with van der Waals surface area (Å²) in [7, 11) is 1.69. The zero-order valence-electron chi connectivity index (χ0n) is 16.7. The Balaban J connectivity index is 1.45. The van der Waals surface area contributed by atoms with E-state index in [1.54, 1.807) is 7.11 Å². The average Bonchev–Trinajstić information content (AvgIpc) is 3.05. The minimum absolute atomic E-state index is 0.158. The molecule has 6 heteroatoms. The maximum absolute atomic E-state index is 13.0. The monoisotopic (exact) mass is 378 g/mol. The molecule has 0 radical (unpaired) electrons. The van der Waals surface area contributed by atoms with Crippen molar-refractivity contribution in [3.8, 4) is 5.75 Å². The van der Waals surface area contributed by atoms with Gasteiger partial charge in [0.25, 0.3) is 0 Å². The lowest BCUT2D eigenvalue weighted by Gasteiger charge is -2.36. The molecule has 0 saturated carbocycles. The number of para-hydroxylation sites is 2. The van der Waals surface area contributed by atoms with E-state index in [4.69, 9.17) is 4.74 Å². The van der Waals surface area contributed by atoms with E-state index < -0.39 is 0 Å². The molecule has 0 spiro atoms. The van der Waals surface area contributed by atoms with E-state index in [0.717, 1.165) is 47.1 Å². The van der Waals surface area contributed by atoms with Crippen LogP contribution in [0.4, 0.5) is 5.69 Å². The van der Waals surface area contributed by atoms with Gasteiger partial charge in [-0.2, -0.15) is 0 Å². The first kappa shape index (κ1) is 18.3. The summed E-state index contributed by atoms with van der Waals surface area (Å²) in [5, 5.41) is 0. The molecule has 0 bridgehead atoms. The summed E-state index contributed by atoms with van der Waals surface area (Å²) in [4.78, 5) is 21.8. The molecule has 1 aromatic carbocycles. The standard InChI is InChI=1S/C22H26N4O2/c1-16-7-6-10-26-19(17(2)23-22(16)26)15-21(27)25-13-11-24(12-14-25)18-8-4-5-9-20(18)28-3/h4-10H,11-15H2,1-3H3. The van der Waals surface area contributed by atoms with Gasteiger partial charge in [0, 0.05) is 32.4 Å². The fourth-order valence-corrected chi connectivity index (χ4v) is 3.92. The topological polar surface area (TPSA) is 50.1 Å². The normalized spacial score (nSPS) is 14.5. The first-order chi connectivity index (χ1) is 13.6. The molecule has 0 atom stereocenters. The SMILES string of the molecule is COc1ccccc1N1CCN(C(=O)Cc2c(C)nc3c(C)cccn23)CC1. The molecule has 146 valence electrons. The maximum Gasteiger partial charge on any atom is 0.228 e. The highest BCUT2D eigenvalue weighted by Crippen LogP contribution is 2.28. The molecule has 0 aliphatic carbocycles. The van der Waals surface area contributed by atoms with Crippen LogP contribution in [0.25, 0.3) is 5.65 Å². The van der Waals surface area contributed by atoms with Crippen LogP contribution < -0.4 is 9.64 Å². The van der Waals surface area contributed by atoms with Crippen LogP contribution in [-0.2, 0) is 11.2 Å². The molecule has 6 nitrogen and oxygen atoms in total. The highest BCUT2D eigenvalue weighted by atomic mass is 16.5. The number of benzene rings is 1. The molecule has 3 aromatic rings. The minimum Gasteiger partial charge on any atom is -0.495 e. The molecule has 28 heavy (non-hydrogen) atoms. The lowest BCUT2D eigenvalue weighted by Crippen LogP contribution is -2.49. The lowest BCUT2D eigenvalue weighted by atomic mass is 10.2. The maximum atomic E-state index is 13.0. The molecule has 2 aromatic heterocycles. The zero-order valence-corrected chi connectivity index (χ0v) is 16.7. The summed E-state index contributed by atoms with van der Waals surface area (Å²) >= 11 is 0. The first-order valence-corrected chi connectivity index (χ1v) is 9.67. The Labute approximate surface area is 165 Å². The third-order valence-corrected chi connectivity index (χ3v) is 5.52. The van der Waals surface area contributed by atoms with E-state index in [2.05, 4.69) is 16.0 Å². The Morgan fingerprint density at radius 3 is 2.57 bits per heavy atom. The molecule has 1 fully saturated rings. The highest BCUT2D eigenvalue weighted by molar-refractivity contribution is 5.79. The summed E-state index contributed by atoms with van der Waals surface area (Å²) in [5.74, 6) is 1.03. The average molecular weight is 378 g/mol. The van der Waals surface area contributed by atoms with E-state index >= 15 is 0 Å². The van der Waals surface area contributed by atoms with Crippen molar-refractivity contribution in [3.05, 3.63) is 59.5 Å². The van der Waals surface area contributed by atoms with Gasteiger partial charge in [0.1, 0.15) is 11.4 Å². The van der Waals surface area contributed by atoms with Crippen LogP contribution in [0.2, 0.25) is 0 Å². The van der Waals surface area contributed by atoms with Crippen LogP contribution in [0.15, 0.2) is 42.6 Å². The van der Waals surface area contributed by atoms with Gasteiger partial charge in [-0.1, -0.05) is 18.2 Å².